The van der Waals surface area contributed by atoms with E-state index in [2.05, 4.69) is 5.32 Å². The summed E-state index contributed by atoms with van der Waals surface area (Å²) in [4.78, 5) is 17.0. The summed E-state index contributed by atoms with van der Waals surface area (Å²) in [6.45, 7) is 0.842. The van der Waals surface area contributed by atoms with Gasteiger partial charge < -0.3 is 9.88 Å². The van der Waals surface area contributed by atoms with E-state index in [9.17, 15) is 9.18 Å². The summed E-state index contributed by atoms with van der Waals surface area (Å²) in [7, 11) is 0. The van der Waals surface area contributed by atoms with E-state index in [1.807, 2.05) is 47.0 Å². The van der Waals surface area contributed by atoms with Crippen LogP contribution in [0.4, 0.5) is 4.39 Å². The molecule has 4 rings (SSSR count). The number of imidazole rings is 1. The molecule has 0 spiro atoms. The molecule has 0 bridgehead atoms. The molecule has 0 unspecified atom stereocenters. The molecule has 0 fully saturated rings. The molecule has 0 saturated carbocycles. The third kappa shape index (κ3) is 4.69. The maximum Gasteiger partial charge on any atom is 0.224 e. The van der Waals surface area contributed by atoms with Gasteiger partial charge in [0, 0.05) is 23.6 Å². The standard InChI is InChI=1S/C24H21ClFN3O/c25-19-11-9-17(10-12-19)15-24(30)27-14-13-23-28-21-7-3-4-8-22(21)29(23)16-18-5-1-2-6-20(18)26/h1-12H,13-16H2,(H,27,30). The Kier molecular flexibility index (Phi) is 6.10. The van der Waals surface area contributed by atoms with Crippen LogP contribution in [-0.2, 0) is 24.2 Å². The average molecular weight is 422 g/mol. The van der Waals surface area contributed by atoms with E-state index in [4.69, 9.17) is 16.6 Å². The Hall–Kier alpha value is -3.18. The van der Waals surface area contributed by atoms with Crippen LogP contribution >= 0.6 is 11.6 Å². The molecule has 0 radical (unpaired) electrons. The van der Waals surface area contributed by atoms with Gasteiger partial charge in [0.05, 0.1) is 24.0 Å². The Morgan fingerprint density at radius 1 is 1.00 bits per heavy atom. The van der Waals surface area contributed by atoms with E-state index < -0.39 is 0 Å². The Morgan fingerprint density at radius 2 is 1.73 bits per heavy atom. The van der Waals surface area contributed by atoms with Gasteiger partial charge in [0.15, 0.2) is 0 Å². The third-order valence-electron chi connectivity index (χ3n) is 4.97. The van der Waals surface area contributed by atoms with E-state index in [1.54, 1.807) is 24.3 Å². The number of para-hydroxylation sites is 2. The van der Waals surface area contributed by atoms with Crippen molar-refractivity contribution in [3.8, 4) is 0 Å². The van der Waals surface area contributed by atoms with Crippen molar-refractivity contribution in [2.24, 2.45) is 0 Å². The number of halogens is 2. The third-order valence-corrected chi connectivity index (χ3v) is 5.22. The molecule has 4 aromatic rings. The second-order valence-corrected chi connectivity index (χ2v) is 7.53. The Labute approximate surface area is 179 Å². The summed E-state index contributed by atoms with van der Waals surface area (Å²) in [5.41, 5.74) is 3.32. The Balaban J connectivity index is 1.46. The lowest BCUT2D eigenvalue weighted by molar-refractivity contribution is -0.120. The van der Waals surface area contributed by atoms with Crippen molar-refractivity contribution < 1.29 is 9.18 Å². The number of rotatable bonds is 7. The van der Waals surface area contributed by atoms with Crippen molar-refractivity contribution in [2.45, 2.75) is 19.4 Å². The zero-order valence-electron chi connectivity index (χ0n) is 16.3. The molecule has 0 aliphatic rings. The van der Waals surface area contributed by atoms with E-state index in [0.29, 0.717) is 36.5 Å². The van der Waals surface area contributed by atoms with Crippen LogP contribution in [0.5, 0.6) is 0 Å². The van der Waals surface area contributed by atoms with Crippen molar-refractivity contribution in [3.05, 3.63) is 101 Å². The van der Waals surface area contributed by atoms with Gasteiger partial charge in [-0.3, -0.25) is 4.79 Å². The van der Waals surface area contributed by atoms with E-state index >= 15 is 0 Å². The molecule has 3 aromatic carbocycles. The smallest absolute Gasteiger partial charge is 0.224 e. The molecule has 0 saturated heterocycles. The summed E-state index contributed by atoms with van der Waals surface area (Å²) < 4.78 is 16.2. The first-order chi connectivity index (χ1) is 14.6. The maximum absolute atomic E-state index is 14.2. The van der Waals surface area contributed by atoms with Gasteiger partial charge >= 0.3 is 0 Å². The van der Waals surface area contributed by atoms with Gasteiger partial charge in [-0.1, -0.05) is 54.1 Å². The number of aromatic nitrogens is 2. The fraction of sp³-hybridized carbons (Fsp3) is 0.167. The van der Waals surface area contributed by atoms with Crippen molar-refractivity contribution >= 4 is 28.5 Å². The molecule has 1 N–H and O–H groups in total. The molecule has 6 heteroatoms. The summed E-state index contributed by atoms with van der Waals surface area (Å²) >= 11 is 5.88. The topological polar surface area (TPSA) is 46.9 Å². The van der Waals surface area contributed by atoms with E-state index in [-0.39, 0.29) is 11.7 Å². The number of hydrogen-bond acceptors (Lipinski definition) is 2. The second-order valence-electron chi connectivity index (χ2n) is 7.10. The number of amides is 1. The van der Waals surface area contributed by atoms with Crippen molar-refractivity contribution in [1.82, 2.24) is 14.9 Å². The molecular weight excluding hydrogens is 401 g/mol. The molecule has 4 nitrogen and oxygen atoms in total. The van der Waals surface area contributed by atoms with Crippen LogP contribution in [0.15, 0.2) is 72.8 Å². The summed E-state index contributed by atoms with van der Waals surface area (Å²) in [5.74, 6) is 0.512. The number of nitrogens with one attached hydrogen (secondary N) is 1. The van der Waals surface area contributed by atoms with Gasteiger partial charge in [0.25, 0.3) is 0 Å². The van der Waals surface area contributed by atoms with Gasteiger partial charge in [0.2, 0.25) is 5.91 Å². The number of fused-ring (bicyclic) bond motifs is 1. The minimum atomic E-state index is -0.238. The number of hydrogen-bond donors (Lipinski definition) is 1. The second kappa shape index (κ2) is 9.09. The first kappa shape index (κ1) is 20.1. The molecule has 0 aliphatic heterocycles. The minimum absolute atomic E-state index is 0.0610. The lowest BCUT2D eigenvalue weighted by Gasteiger charge is -2.11. The highest BCUT2D eigenvalue weighted by molar-refractivity contribution is 6.30. The Morgan fingerprint density at radius 3 is 2.53 bits per heavy atom. The first-order valence-corrected chi connectivity index (χ1v) is 10.2. The van der Waals surface area contributed by atoms with Crippen LogP contribution in [-0.4, -0.2) is 22.0 Å². The molecule has 1 amide bonds. The zero-order chi connectivity index (χ0) is 20.9. The van der Waals surface area contributed by atoms with Crippen LogP contribution in [0.3, 0.4) is 0 Å². The monoisotopic (exact) mass is 421 g/mol. The molecule has 0 atom stereocenters. The van der Waals surface area contributed by atoms with Gasteiger partial charge in [0.1, 0.15) is 11.6 Å². The lowest BCUT2D eigenvalue weighted by Crippen LogP contribution is -2.28. The highest BCUT2D eigenvalue weighted by atomic mass is 35.5. The highest BCUT2D eigenvalue weighted by Gasteiger charge is 2.13. The van der Waals surface area contributed by atoms with E-state index in [0.717, 1.165) is 22.4 Å². The quantitative estimate of drug-likeness (QED) is 0.467. The predicted octanol–water partition coefficient (Wildman–Crippen LogP) is 4.78. The predicted molar refractivity (Wildman–Crippen MR) is 117 cm³/mol. The van der Waals surface area contributed by atoms with Gasteiger partial charge in [-0.15, -0.1) is 0 Å². The first-order valence-electron chi connectivity index (χ1n) is 9.79. The van der Waals surface area contributed by atoms with Crippen LogP contribution in [0, 0.1) is 5.82 Å². The zero-order valence-corrected chi connectivity index (χ0v) is 17.1. The number of carbonyl (C=O) groups is 1. The average Bonchev–Trinajstić information content (AvgIpc) is 3.09. The number of benzene rings is 3. The van der Waals surface area contributed by atoms with Crippen LogP contribution in [0.2, 0.25) is 5.02 Å². The summed E-state index contributed by atoms with van der Waals surface area (Å²) in [6, 6.07) is 21.8. The molecule has 30 heavy (non-hydrogen) atoms. The minimum Gasteiger partial charge on any atom is -0.355 e. The normalized spacial score (nSPS) is 11.0. The molecule has 1 aromatic heterocycles. The fourth-order valence-electron chi connectivity index (χ4n) is 3.45. The van der Waals surface area contributed by atoms with Gasteiger partial charge in [-0.25, -0.2) is 9.37 Å². The maximum atomic E-state index is 14.2. The molecule has 1 heterocycles. The van der Waals surface area contributed by atoms with Gasteiger partial charge in [-0.05, 0) is 35.9 Å². The molecule has 152 valence electrons. The molecular formula is C24H21ClFN3O. The number of nitrogens with zero attached hydrogens (tertiary/aromatic N) is 2. The summed E-state index contributed by atoms with van der Waals surface area (Å²) in [6.07, 6.45) is 0.846. The summed E-state index contributed by atoms with van der Waals surface area (Å²) in [5, 5.41) is 3.59. The van der Waals surface area contributed by atoms with Crippen molar-refractivity contribution in [3.63, 3.8) is 0 Å². The van der Waals surface area contributed by atoms with Crippen LogP contribution in [0.25, 0.3) is 11.0 Å². The lowest BCUT2D eigenvalue weighted by atomic mass is 10.1. The Bertz CT molecular complexity index is 1170. The molecule has 0 aliphatic carbocycles. The van der Waals surface area contributed by atoms with Crippen molar-refractivity contribution in [1.29, 1.82) is 0 Å². The van der Waals surface area contributed by atoms with E-state index in [1.165, 1.54) is 6.07 Å². The highest BCUT2D eigenvalue weighted by Crippen LogP contribution is 2.19. The van der Waals surface area contributed by atoms with Crippen LogP contribution < -0.4 is 5.32 Å². The number of carbonyl (C=O) groups excluding carboxylic acids is 1. The van der Waals surface area contributed by atoms with Crippen LogP contribution in [0.1, 0.15) is 17.0 Å². The van der Waals surface area contributed by atoms with Crippen molar-refractivity contribution in [2.75, 3.05) is 6.54 Å². The SMILES string of the molecule is O=C(Cc1ccc(Cl)cc1)NCCc1nc2ccccc2n1Cc1ccccc1F. The fourth-order valence-corrected chi connectivity index (χ4v) is 3.58. The largest absolute Gasteiger partial charge is 0.355 e. The van der Waals surface area contributed by atoms with Gasteiger partial charge in [-0.2, -0.15) is 0 Å².